The summed E-state index contributed by atoms with van der Waals surface area (Å²) < 4.78 is 24.3. The number of hydrogen-bond donors (Lipinski definition) is 1. The van der Waals surface area contributed by atoms with Crippen LogP contribution in [-0.2, 0) is 0 Å². The van der Waals surface area contributed by atoms with Crippen LogP contribution in [0.4, 0.5) is 8.78 Å². The molecule has 0 aromatic rings. The number of alkyl halides is 2. The monoisotopic (exact) mass is 163 g/mol. The summed E-state index contributed by atoms with van der Waals surface area (Å²) in [5, 5.41) is 0. The predicted molar refractivity (Wildman–Crippen MR) is 40.6 cm³/mol. The van der Waals surface area contributed by atoms with E-state index in [-0.39, 0.29) is 0 Å². The Morgan fingerprint density at radius 3 is 2.45 bits per heavy atom. The van der Waals surface area contributed by atoms with Crippen molar-refractivity contribution in [2.45, 2.75) is 44.6 Å². The number of rotatable bonds is 4. The van der Waals surface area contributed by atoms with E-state index in [9.17, 15) is 8.78 Å². The van der Waals surface area contributed by atoms with Crippen molar-refractivity contribution in [3.8, 4) is 0 Å². The highest BCUT2D eigenvalue weighted by molar-refractivity contribution is 4.84. The Balaban J connectivity index is 2.20. The van der Waals surface area contributed by atoms with Gasteiger partial charge in [-0.25, -0.2) is 8.78 Å². The van der Waals surface area contributed by atoms with E-state index in [1.54, 1.807) is 0 Å². The Morgan fingerprint density at radius 1 is 1.55 bits per heavy atom. The highest BCUT2D eigenvalue weighted by Crippen LogP contribution is 2.35. The van der Waals surface area contributed by atoms with Crippen molar-refractivity contribution in [1.82, 2.24) is 0 Å². The molecule has 11 heavy (non-hydrogen) atoms. The second-order valence-electron chi connectivity index (χ2n) is 3.79. The SMILES string of the molecule is CC(N)(CCC1CC1)C(F)F. The van der Waals surface area contributed by atoms with E-state index in [4.69, 9.17) is 5.73 Å². The zero-order valence-corrected chi connectivity index (χ0v) is 6.82. The van der Waals surface area contributed by atoms with Crippen molar-refractivity contribution in [2.24, 2.45) is 11.7 Å². The molecule has 0 radical (unpaired) electrons. The third-order valence-corrected chi connectivity index (χ3v) is 2.29. The molecule has 66 valence electrons. The summed E-state index contributed by atoms with van der Waals surface area (Å²) in [4.78, 5) is 0. The average Bonchev–Trinajstić information content (AvgIpc) is 2.65. The maximum atomic E-state index is 12.2. The molecular weight excluding hydrogens is 148 g/mol. The molecule has 2 N–H and O–H groups in total. The summed E-state index contributed by atoms with van der Waals surface area (Å²) in [6, 6.07) is 0. The second kappa shape index (κ2) is 3.05. The van der Waals surface area contributed by atoms with Crippen LogP contribution in [0.15, 0.2) is 0 Å². The summed E-state index contributed by atoms with van der Waals surface area (Å²) in [6.45, 7) is 1.43. The quantitative estimate of drug-likeness (QED) is 0.675. The van der Waals surface area contributed by atoms with Crippen molar-refractivity contribution < 1.29 is 8.78 Å². The van der Waals surface area contributed by atoms with Gasteiger partial charge in [0.1, 0.15) is 0 Å². The van der Waals surface area contributed by atoms with Gasteiger partial charge in [0, 0.05) is 0 Å². The van der Waals surface area contributed by atoms with Crippen LogP contribution >= 0.6 is 0 Å². The van der Waals surface area contributed by atoms with E-state index >= 15 is 0 Å². The van der Waals surface area contributed by atoms with Gasteiger partial charge in [0.15, 0.2) is 0 Å². The van der Waals surface area contributed by atoms with Crippen LogP contribution in [0.2, 0.25) is 0 Å². The number of nitrogens with two attached hydrogens (primary N) is 1. The number of halogens is 2. The summed E-state index contributed by atoms with van der Waals surface area (Å²) in [5.41, 5.74) is 4.12. The predicted octanol–water partition coefficient (Wildman–Crippen LogP) is 2.16. The maximum Gasteiger partial charge on any atom is 0.255 e. The smallest absolute Gasteiger partial charge is 0.255 e. The molecule has 0 amide bonds. The molecule has 0 aromatic carbocycles. The van der Waals surface area contributed by atoms with E-state index in [0.717, 1.165) is 6.42 Å². The lowest BCUT2D eigenvalue weighted by atomic mass is 9.96. The Labute approximate surface area is 66.0 Å². The third kappa shape index (κ3) is 2.73. The van der Waals surface area contributed by atoms with Gasteiger partial charge < -0.3 is 5.73 Å². The molecule has 0 bridgehead atoms. The Bertz CT molecular complexity index is 130. The lowest BCUT2D eigenvalue weighted by Gasteiger charge is -2.22. The van der Waals surface area contributed by atoms with E-state index in [1.165, 1.54) is 19.8 Å². The van der Waals surface area contributed by atoms with Crippen LogP contribution in [0.5, 0.6) is 0 Å². The first-order chi connectivity index (χ1) is 5.02. The van der Waals surface area contributed by atoms with Crippen molar-refractivity contribution in [3.05, 3.63) is 0 Å². The summed E-state index contributed by atoms with van der Waals surface area (Å²) in [6.07, 6.45) is 1.35. The molecular formula is C8H15F2N. The van der Waals surface area contributed by atoms with Gasteiger partial charge >= 0.3 is 0 Å². The zero-order valence-electron chi connectivity index (χ0n) is 6.82. The Hall–Kier alpha value is -0.180. The summed E-state index contributed by atoms with van der Waals surface area (Å²) >= 11 is 0. The van der Waals surface area contributed by atoms with Crippen LogP contribution in [0.3, 0.4) is 0 Å². The molecule has 1 saturated carbocycles. The van der Waals surface area contributed by atoms with Crippen molar-refractivity contribution in [2.75, 3.05) is 0 Å². The zero-order chi connectivity index (χ0) is 8.48. The van der Waals surface area contributed by atoms with Crippen LogP contribution in [0.1, 0.15) is 32.6 Å². The molecule has 0 spiro atoms. The van der Waals surface area contributed by atoms with Crippen molar-refractivity contribution in [3.63, 3.8) is 0 Å². The number of hydrogen-bond acceptors (Lipinski definition) is 1. The largest absolute Gasteiger partial charge is 0.321 e. The van der Waals surface area contributed by atoms with Crippen LogP contribution < -0.4 is 5.73 Å². The third-order valence-electron chi connectivity index (χ3n) is 2.29. The van der Waals surface area contributed by atoms with E-state index < -0.39 is 12.0 Å². The van der Waals surface area contributed by atoms with Gasteiger partial charge in [-0.2, -0.15) is 0 Å². The fraction of sp³-hybridized carbons (Fsp3) is 1.00. The average molecular weight is 163 g/mol. The van der Waals surface area contributed by atoms with Gasteiger partial charge in [-0.15, -0.1) is 0 Å². The minimum atomic E-state index is -2.39. The fourth-order valence-corrected chi connectivity index (χ4v) is 1.03. The van der Waals surface area contributed by atoms with E-state index in [1.807, 2.05) is 0 Å². The van der Waals surface area contributed by atoms with Gasteiger partial charge in [-0.05, 0) is 25.7 Å². The first-order valence-electron chi connectivity index (χ1n) is 4.09. The van der Waals surface area contributed by atoms with Gasteiger partial charge in [-0.3, -0.25) is 0 Å². The molecule has 1 rings (SSSR count). The first kappa shape index (κ1) is 8.91. The molecule has 0 heterocycles. The minimum absolute atomic E-state index is 0.454. The van der Waals surface area contributed by atoms with Crippen LogP contribution in [-0.4, -0.2) is 12.0 Å². The molecule has 1 aliphatic carbocycles. The van der Waals surface area contributed by atoms with Crippen molar-refractivity contribution in [1.29, 1.82) is 0 Å². The summed E-state index contributed by atoms with van der Waals surface area (Å²) in [7, 11) is 0. The second-order valence-corrected chi connectivity index (χ2v) is 3.79. The molecule has 1 aliphatic rings. The summed E-state index contributed by atoms with van der Waals surface area (Å²) in [5.74, 6) is 0.691. The highest BCUT2D eigenvalue weighted by Gasteiger charge is 2.32. The molecule has 0 aliphatic heterocycles. The minimum Gasteiger partial charge on any atom is -0.321 e. The lowest BCUT2D eigenvalue weighted by molar-refractivity contribution is 0.0569. The Morgan fingerprint density at radius 2 is 2.09 bits per heavy atom. The van der Waals surface area contributed by atoms with Gasteiger partial charge in [-0.1, -0.05) is 12.8 Å². The lowest BCUT2D eigenvalue weighted by Crippen LogP contribution is -2.43. The molecule has 3 heteroatoms. The topological polar surface area (TPSA) is 26.0 Å². The molecule has 1 atom stereocenters. The normalized spacial score (nSPS) is 23.7. The van der Waals surface area contributed by atoms with E-state index in [2.05, 4.69) is 0 Å². The molecule has 1 fully saturated rings. The van der Waals surface area contributed by atoms with Crippen LogP contribution in [0.25, 0.3) is 0 Å². The standard InChI is InChI=1S/C8H15F2N/c1-8(11,7(9)10)5-4-6-2-3-6/h6-7H,2-5,11H2,1H3. The van der Waals surface area contributed by atoms with Gasteiger partial charge in [0.05, 0.1) is 5.54 Å². The highest BCUT2D eigenvalue weighted by atomic mass is 19.3. The van der Waals surface area contributed by atoms with Gasteiger partial charge in [0.2, 0.25) is 0 Å². The van der Waals surface area contributed by atoms with Crippen molar-refractivity contribution >= 4 is 0 Å². The van der Waals surface area contributed by atoms with Gasteiger partial charge in [0.25, 0.3) is 6.43 Å². The molecule has 1 nitrogen and oxygen atoms in total. The van der Waals surface area contributed by atoms with Crippen LogP contribution in [0, 0.1) is 5.92 Å². The molecule has 0 aromatic heterocycles. The maximum absolute atomic E-state index is 12.2. The molecule has 1 unspecified atom stereocenters. The fourth-order valence-electron chi connectivity index (χ4n) is 1.03. The Kier molecular flexibility index (Phi) is 2.47. The van der Waals surface area contributed by atoms with E-state index in [0.29, 0.717) is 12.3 Å². The first-order valence-corrected chi connectivity index (χ1v) is 4.09. The molecule has 0 saturated heterocycles.